The van der Waals surface area contributed by atoms with Crippen LogP contribution >= 0.6 is 0 Å². The van der Waals surface area contributed by atoms with E-state index in [1.54, 1.807) is 6.20 Å². The smallest absolute Gasteiger partial charge is 0.315 e. The largest absolute Gasteiger partial charge is 0.333 e. The molecule has 28 heavy (non-hydrogen) atoms. The summed E-state index contributed by atoms with van der Waals surface area (Å²) in [5, 5.41) is 10.3. The Kier molecular flexibility index (Phi) is 4.90. The van der Waals surface area contributed by atoms with Crippen LogP contribution in [0.15, 0.2) is 42.9 Å². The SMILES string of the molecule is Cc1nccn1-c1ccc(C(C)NC(=O)NCc2c(C3CC3)cnn2C)cc1. The number of nitrogens with zero attached hydrogens (tertiary/aromatic N) is 4. The molecule has 1 saturated carbocycles. The van der Waals surface area contributed by atoms with E-state index in [-0.39, 0.29) is 12.1 Å². The lowest BCUT2D eigenvalue weighted by Gasteiger charge is -2.16. The van der Waals surface area contributed by atoms with E-state index in [0.29, 0.717) is 12.5 Å². The van der Waals surface area contributed by atoms with Crippen LogP contribution in [0.3, 0.4) is 0 Å². The van der Waals surface area contributed by atoms with Crippen LogP contribution in [0.5, 0.6) is 0 Å². The lowest BCUT2D eigenvalue weighted by atomic mass is 10.1. The van der Waals surface area contributed by atoms with Gasteiger partial charge >= 0.3 is 6.03 Å². The molecule has 2 N–H and O–H groups in total. The Balaban J connectivity index is 1.34. The molecule has 146 valence electrons. The molecule has 0 aliphatic heterocycles. The minimum absolute atomic E-state index is 0.0904. The van der Waals surface area contributed by atoms with Gasteiger partial charge < -0.3 is 15.2 Å². The van der Waals surface area contributed by atoms with Gasteiger partial charge in [0, 0.05) is 25.1 Å². The van der Waals surface area contributed by atoms with Crippen LogP contribution in [0.4, 0.5) is 4.79 Å². The fraction of sp³-hybridized carbons (Fsp3) is 0.381. The fourth-order valence-electron chi connectivity index (χ4n) is 3.50. The number of urea groups is 1. The third-order valence-corrected chi connectivity index (χ3v) is 5.37. The van der Waals surface area contributed by atoms with Crippen molar-refractivity contribution < 1.29 is 4.79 Å². The fourth-order valence-corrected chi connectivity index (χ4v) is 3.50. The molecule has 4 rings (SSSR count). The number of hydrogen-bond acceptors (Lipinski definition) is 3. The Bertz CT molecular complexity index is 967. The van der Waals surface area contributed by atoms with E-state index in [0.717, 1.165) is 22.8 Å². The topological polar surface area (TPSA) is 76.8 Å². The first-order chi connectivity index (χ1) is 13.5. The summed E-state index contributed by atoms with van der Waals surface area (Å²) in [5.41, 5.74) is 4.46. The van der Waals surface area contributed by atoms with Gasteiger partial charge in [-0.2, -0.15) is 5.10 Å². The van der Waals surface area contributed by atoms with Crippen molar-refractivity contribution in [3.8, 4) is 5.69 Å². The highest BCUT2D eigenvalue weighted by molar-refractivity contribution is 5.74. The Labute approximate surface area is 164 Å². The zero-order valence-electron chi connectivity index (χ0n) is 16.5. The number of carbonyl (C=O) groups excluding carboxylic acids is 1. The standard InChI is InChI=1S/C21H26N6O/c1-14(16-6-8-18(9-7-16)27-11-10-22-15(27)2)25-21(28)23-13-20-19(17-4-5-17)12-24-26(20)3/h6-12,14,17H,4-5,13H2,1-3H3,(H2,23,25,28). The van der Waals surface area contributed by atoms with E-state index < -0.39 is 0 Å². The van der Waals surface area contributed by atoms with Crippen molar-refractivity contribution in [1.29, 1.82) is 0 Å². The summed E-state index contributed by atoms with van der Waals surface area (Å²) >= 11 is 0. The second-order valence-corrected chi connectivity index (χ2v) is 7.43. The number of amides is 2. The summed E-state index contributed by atoms with van der Waals surface area (Å²) in [4.78, 5) is 16.6. The summed E-state index contributed by atoms with van der Waals surface area (Å²) in [6, 6.07) is 7.88. The summed E-state index contributed by atoms with van der Waals surface area (Å²) in [7, 11) is 1.92. The summed E-state index contributed by atoms with van der Waals surface area (Å²) in [6.45, 7) is 4.44. The average molecular weight is 378 g/mol. The second kappa shape index (κ2) is 7.50. The van der Waals surface area contributed by atoms with E-state index in [1.165, 1.54) is 18.4 Å². The first-order valence-corrected chi connectivity index (χ1v) is 9.68. The van der Waals surface area contributed by atoms with Crippen LogP contribution in [-0.4, -0.2) is 25.4 Å². The van der Waals surface area contributed by atoms with Crippen molar-refractivity contribution in [3.63, 3.8) is 0 Å². The molecule has 0 saturated heterocycles. The van der Waals surface area contributed by atoms with Crippen LogP contribution in [-0.2, 0) is 13.6 Å². The Morgan fingerprint density at radius 2 is 2.04 bits per heavy atom. The Morgan fingerprint density at radius 1 is 1.29 bits per heavy atom. The van der Waals surface area contributed by atoms with E-state index >= 15 is 0 Å². The quantitative estimate of drug-likeness (QED) is 0.691. The first-order valence-electron chi connectivity index (χ1n) is 9.68. The van der Waals surface area contributed by atoms with Crippen molar-refractivity contribution in [3.05, 3.63) is 65.5 Å². The summed E-state index contributed by atoms with van der Waals surface area (Å²) in [5.74, 6) is 1.56. The zero-order valence-corrected chi connectivity index (χ0v) is 16.5. The maximum atomic E-state index is 12.4. The van der Waals surface area contributed by atoms with E-state index in [1.807, 2.05) is 66.8 Å². The predicted molar refractivity (Wildman–Crippen MR) is 107 cm³/mol. The molecular formula is C21H26N6O. The molecule has 1 fully saturated rings. The first kappa shape index (κ1) is 18.3. The van der Waals surface area contributed by atoms with Gasteiger partial charge in [-0.25, -0.2) is 9.78 Å². The molecule has 0 bridgehead atoms. The van der Waals surface area contributed by atoms with Crippen molar-refractivity contribution in [2.75, 3.05) is 0 Å². The van der Waals surface area contributed by atoms with E-state index in [9.17, 15) is 4.79 Å². The molecule has 0 spiro atoms. The Hall–Kier alpha value is -3.09. The van der Waals surface area contributed by atoms with Gasteiger partial charge in [-0.05, 0) is 55.9 Å². The lowest BCUT2D eigenvalue weighted by Crippen LogP contribution is -2.37. The maximum absolute atomic E-state index is 12.4. The number of imidazole rings is 1. The number of hydrogen-bond donors (Lipinski definition) is 2. The molecule has 1 aromatic carbocycles. The molecule has 1 aliphatic carbocycles. The summed E-state index contributed by atoms with van der Waals surface area (Å²) < 4.78 is 3.88. The van der Waals surface area contributed by atoms with Crippen LogP contribution < -0.4 is 10.6 Å². The van der Waals surface area contributed by atoms with Crippen molar-refractivity contribution in [2.24, 2.45) is 7.05 Å². The number of aromatic nitrogens is 4. The number of rotatable bonds is 6. The van der Waals surface area contributed by atoms with Crippen molar-refractivity contribution >= 4 is 6.03 Å². The van der Waals surface area contributed by atoms with Gasteiger partial charge in [0.25, 0.3) is 0 Å². The zero-order chi connectivity index (χ0) is 19.7. The third-order valence-electron chi connectivity index (χ3n) is 5.37. The number of aryl methyl sites for hydroxylation is 2. The highest BCUT2D eigenvalue weighted by atomic mass is 16.2. The van der Waals surface area contributed by atoms with Crippen LogP contribution in [0.1, 0.15) is 54.4 Å². The monoisotopic (exact) mass is 378 g/mol. The molecule has 1 aliphatic rings. The molecule has 1 atom stereocenters. The highest BCUT2D eigenvalue weighted by Gasteiger charge is 2.28. The minimum atomic E-state index is -0.176. The van der Waals surface area contributed by atoms with Gasteiger partial charge in [-0.3, -0.25) is 4.68 Å². The molecular weight excluding hydrogens is 352 g/mol. The lowest BCUT2D eigenvalue weighted by molar-refractivity contribution is 0.237. The van der Waals surface area contributed by atoms with Crippen molar-refractivity contribution in [1.82, 2.24) is 30.0 Å². The molecule has 3 aromatic rings. The molecule has 7 heteroatoms. The van der Waals surface area contributed by atoms with Gasteiger partial charge in [0.15, 0.2) is 0 Å². The molecule has 7 nitrogen and oxygen atoms in total. The highest BCUT2D eigenvalue weighted by Crippen LogP contribution is 2.41. The van der Waals surface area contributed by atoms with Gasteiger partial charge in [-0.15, -0.1) is 0 Å². The maximum Gasteiger partial charge on any atom is 0.315 e. The van der Waals surface area contributed by atoms with Gasteiger partial charge in [0.1, 0.15) is 5.82 Å². The van der Waals surface area contributed by atoms with E-state index in [4.69, 9.17) is 0 Å². The molecule has 0 radical (unpaired) electrons. The average Bonchev–Trinajstić information content (AvgIpc) is 3.34. The normalized spacial score (nSPS) is 14.7. The second-order valence-electron chi connectivity index (χ2n) is 7.43. The third kappa shape index (κ3) is 3.78. The van der Waals surface area contributed by atoms with E-state index in [2.05, 4.69) is 20.7 Å². The molecule has 1 unspecified atom stereocenters. The van der Waals surface area contributed by atoms with Crippen LogP contribution in [0.2, 0.25) is 0 Å². The number of nitrogens with one attached hydrogen (secondary N) is 2. The number of benzene rings is 1. The molecule has 2 heterocycles. The van der Waals surface area contributed by atoms with Gasteiger partial charge in [0.2, 0.25) is 0 Å². The van der Waals surface area contributed by atoms with Crippen LogP contribution in [0, 0.1) is 6.92 Å². The van der Waals surface area contributed by atoms with Crippen LogP contribution in [0.25, 0.3) is 5.69 Å². The van der Waals surface area contributed by atoms with Crippen molar-refractivity contribution in [2.45, 2.75) is 45.2 Å². The molecule has 2 amide bonds. The predicted octanol–water partition coefficient (Wildman–Crippen LogP) is 3.35. The number of carbonyl (C=O) groups is 1. The van der Waals surface area contributed by atoms with Gasteiger partial charge in [-0.1, -0.05) is 12.1 Å². The minimum Gasteiger partial charge on any atom is -0.333 e. The van der Waals surface area contributed by atoms with Gasteiger partial charge in [0.05, 0.1) is 24.5 Å². The Morgan fingerprint density at radius 3 is 2.68 bits per heavy atom. The molecule has 2 aromatic heterocycles. The summed E-state index contributed by atoms with van der Waals surface area (Å²) in [6.07, 6.45) is 8.09.